The molecule has 0 radical (unpaired) electrons. The Morgan fingerprint density at radius 2 is 2.05 bits per heavy atom. The first-order valence-electron chi connectivity index (χ1n) is 8.39. The van der Waals surface area contributed by atoms with E-state index < -0.39 is 0 Å². The molecule has 1 aliphatic rings. The lowest BCUT2D eigenvalue weighted by atomic mass is 9.92. The average Bonchev–Trinajstić information content (AvgIpc) is 3.00. The fraction of sp³-hybridized carbons (Fsp3) is 0.722. The lowest BCUT2D eigenvalue weighted by molar-refractivity contribution is 0.352. The van der Waals surface area contributed by atoms with Gasteiger partial charge in [-0.05, 0) is 45.6 Å². The lowest BCUT2D eigenvalue weighted by Gasteiger charge is -2.25. The van der Waals surface area contributed by atoms with Crippen molar-refractivity contribution in [1.29, 1.82) is 0 Å². The Hall–Kier alpha value is -1.09. The minimum atomic E-state index is 0.561. The summed E-state index contributed by atoms with van der Waals surface area (Å²) in [6.07, 6.45) is 9.66. The maximum Gasteiger partial charge on any atom is 0.128 e. The number of nitrogens with zero attached hydrogens (tertiary/aromatic N) is 1. The maximum absolute atomic E-state index is 5.54. The summed E-state index contributed by atoms with van der Waals surface area (Å²) in [4.78, 5) is 4.69. The van der Waals surface area contributed by atoms with Gasteiger partial charge in [0.05, 0.1) is 7.11 Å². The Bertz CT molecular complexity index is 453. The third-order valence-electron chi connectivity index (χ3n) is 4.79. The molecule has 0 spiro atoms. The molecule has 21 heavy (non-hydrogen) atoms. The van der Waals surface area contributed by atoms with Crippen molar-refractivity contribution in [3.05, 3.63) is 23.0 Å². The third-order valence-corrected chi connectivity index (χ3v) is 4.79. The summed E-state index contributed by atoms with van der Waals surface area (Å²) in [6, 6.07) is 0.561. The average molecular weight is 290 g/mol. The van der Waals surface area contributed by atoms with Gasteiger partial charge < -0.3 is 10.1 Å². The molecule has 0 saturated heterocycles. The van der Waals surface area contributed by atoms with Crippen molar-refractivity contribution >= 4 is 0 Å². The first kappa shape index (κ1) is 16.3. The summed E-state index contributed by atoms with van der Waals surface area (Å²) in [6.45, 7) is 7.53. The number of aromatic nitrogens is 1. The summed E-state index contributed by atoms with van der Waals surface area (Å²) in [5, 5.41) is 3.76. The summed E-state index contributed by atoms with van der Waals surface area (Å²) in [5.41, 5.74) is 3.52. The molecule has 1 saturated carbocycles. The van der Waals surface area contributed by atoms with Gasteiger partial charge in [0.25, 0.3) is 0 Å². The largest absolute Gasteiger partial charge is 0.496 e. The molecule has 1 aromatic heterocycles. The van der Waals surface area contributed by atoms with E-state index in [-0.39, 0.29) is 0 Å². The number of ether oxygens (including phenoxy) is 1. The van der Waals surface area contributed by atoms with E-state index in [0.29, 0.717) is 6.04 Å². The molecule has 0 bridgehead atoms. The number of methoxy groups -OCH3 is 1. The molecule has 1 heterocycles. The molecule has 0 aromatic carbocycles. The lowest BCUT2D eigenvalue weighted by Crippen LogP contribution is -2.38. The maximum atomic E-state index is 5.54. The number of nitrogens with one attached hydrogen (secondary N) is 1. The normalized spacial score (nSPS) is 17.1. The summed E-state index contributed by atoms with van der Waals surface area (Å²) >= 11 is 0. The molecule has 118 valence electrons. The van der Waals surface area contributed by atoms with Crippen LogP contribution in [0, 0.1) is 19.8 Å². The molecular formula is C18H30N2O. The highest BCUT2D eigenvalue weighted by Gasteiger charge is 2.26. The first-order chi connectivity index (χ1) is 10.2. The van der Waals surface area contributed by atoms with Crippen LogP contribution in [-0.2, 0) is 6.42 Å². The molecule has 0 amide bonds. The van der Waals surface area contributed by atoms with E-state index in [1.165, 1.54) is 43.4 Å². The van der Waals surface area contributed by atoms with Gasteiger partial charge in [0.2, 0.25) is 0 Å². The van der Waals surface area contributed by atoms with E-state index in [2.05, 4.69) is 31.1 Å². The first-order valence-corrected chi connectivity index (χ1v) is 8.39. The van der Waals surface area contributed by atoms with Crippen LogP contribution >= 0.6 is 0 Å². The van der Waals surface area contributed by atoms with E-state index >= 15 is 0 Å². The number of rotatable bonds is 7. The summed E-state index contributed by atoms with van der Waals surface area (Å²) in [5.74, 6) is 1.81. The smallest absolute Gasteiger partial charge is 0.128 e. The summed E-state index contributed by atoms with van der Waals surface area (Å²) in [7, 11) is 1.75. The van der Waals surface area contributed by atoms with E-state index in [1.54, 1.807) is 7.11 Å². The van der Waals surface area contributed by atoms with Crippen molar-refractivity contribution in [3.63, 3.8) is 0 Å². The zero-order valence-corrected chi connectivity index (χ0v) is 14.0. The van der Waals surface area contributed by atoms with E-state index in [1.807, 2.05) is 6.20 Å². The Morgan fingerprint density at radius 3 is 2.67 bits per heavy atom. The van der Waals surface area contributed by atoms with Crippen LogP contribution in [0.2, 0.25) is 0 Å². The predicted octanol–water partition coefficient (Wildman–Crippen LogP) is 3.81. The minimum Gasteiger partial charge on any atom is -0.496 e. The predicted molar refractivity (Wildman–Crippen MR) is 88.0 cm³/mol. The van der Waals surface area contributed by atoms with Crippen molar-refractivity contribution in [2.75, 3.05) is 13.7 Å². The van der Waals surface area contributed by atoms with Crippen LogP contribution in [0.25, 0.3) is 0 Å². The van der Waals surface area contributed by atoms with Crippen LogP contribution in [0.5, 0.6) is 5.75 Å². The van der Waals surface area contributed by atoms with Gasteiger partial charge in [0.15, 0.2) is 0 Å². The molecule has 0 aliphatic heterocycles. The van der Waals surface area contributed by atoms with Gasteiger partial charge in [-0.15, -0.1) is 0 Å². The van der Waals surface area contributed by atoms with Gasteiger partial charge in [-0.1, -0.05) is 19.8 Å². The Kier molecular flexibility index (Phi) is 6.04. The van der Waals surface area contributed by atoms with Crippen molar-refractivity contribution in [2.45, 2.75) is 65.3 Å². The molecule has 1 aromatic rings. The number of hydrogen-bond acceptors (Lipinski definition) is 3. The zero-order valence-electron chi connectivity index (χ0n) is 14.0. The Morgan fingerprint density at radius 1 is 1.33 bits per heavy atom. The van der Waals surface area contributed by atoms with Crippen LogP contribution in [0.1, 0.15) is 55.8 Å². The standard InChI is InChI=1S/C18H30N2O/c1-5-10-19-17(15-8-6-7-9-15)11-16-14(3)18(21-4)13(2)12-20-16/h12,15,17,19H,5-11H2,1-4H3. The van der Waals surface area contributed by atoms with Crippen molar-refractivity contribution in [2.24, 2.45) is 5.92 Å². The van der Waals surface area contributed by atoms with E-state index in [9.17, 15) is 0 Å². The van der Waals surface area contributed by atoms with Crippen LogP contribution in [0.3, 0.4) is 0 Å². The van der Waals surface area contributed by atoms with Gasteiger partial charge in [-0.25, -0.2) is 0 Å². The van der Waals surface area contributed by atoms with Crippen LogP contribution in [0.15, 0.2) is 6.20 Å². The van der Waals surface area contributed by atoms with Crippen LogP contribution < -0.4 is 10.1 Å². The molecule has 3 heteroatoms. The molecule has 1 fully saturated rings. The highest BCUT2D eigenvalue weighted by atomic mass is 16.5. The van der Waals surface area contributed by atoms with Gasteiger partial charge in [-0.3, -0.25) is 4.98 Å². The Labute approximate surface area is 129 Å². The van der Waals surface area contributed by atoms with Crippen molar-refractivity contribution in [3.8, 4) is 5.75 Å². The number of hydrogen-bond donors (Lipinski definition) is 1. The molecule has 2 rings (SSSR count). The van der Waals surface area contributed by atoms with Crippen molar-refractivity contribution < 1.29 is 4.74 Å². The fourth-order valence-electron chi connectivity index (χ4n) is 3.58. The number of pyridine rings is 1. The zero-order chi connectivity index (χ0) is 15.2. The second kappa shape index (κ2) is 7.79. The molecular weight excluding hydrogens is 260 g/mol. The summed E-state index contributed by atoms with van der Waals surface area (Å²) < 4.78 is 5.54. The topological polar surface area (TPSA) is 34.2 Å². The quantitative estimate of drug-likeness (QED) is 0.829. The Balaban J connectivity index is 2.15. The van der Waals surface area contributed by atoms with Crippen LogP contribution in [-0.4, -0.2) is 24.7 Å². The monoisotopic (exact) mass is 290 g/mol. The highest BCUT2D eigenvalue weighted by molar-refractivity contribution is 5.41. The minimum absolute atomic E-state index is 0.561. The number of aryl methyl sites for hydroxylation is 1. The van der Waals surface area contributed by atoms with Gasteiger partial charge in [-0.2, -0.15) is 0 Å². The second-order valence-corrected chi connectivity index (χ2v) is 6.36. The third kappa shape index (κ3) is 3.97. The molecule has 3 nitrogen and oxygen atoms in total. The van der Waals surface area contributed by atoms with Gasteiger partial charge in [0, 0.05) is 35.5 Å². The highest BCUT2D eigenvalue weighted by Crippen LogP contribution is 2.31. The van der Waals surface area contributed by atoms with Gasteiger partial charge >= 0.3 is 0 Å². The van der Waals surface area contributed by atoms with E-state index in [0.717, 1.165) is 30.2 Å². The van der Waals surface area contributed by atoms with Crippen molar-refractivity contribution in [1.82, 2.24) is 10.3 Å². The second-order valence-electron chi connectivity index (χ2n) is 6.36. The molecule has 1 atom stereocenters. The van der Waals surface area contributed by atoms with Gasteiger partial charge in [0.1, 0.15) is 5.75 Å². The molecule has 1 unspecified atom stereocenters. The molecule has 1 aliphatic carbocycles. The SMILES string of the molecule is CCCNC(Cc1ncc(C)c(OC)c1C)C1CCCC1. The van der Waals surface area contributed by atoms with E-state index in [4.69, 9.17) is 4.74 Å². The van der Waals surface area contributed by atoms with Crippen LogP contribution in [0.4, 0.5) is 0 Å². The fourth-order valence-corrected chi connectivity index (χ4v) is 3.58. The molecule has 1 N–H and O–H groups in total.